The van der Waals surface area contributed by atoms with Crippen LogP contribution in [-0.4, -0.2) is 44.5 Å². The number of urea groups is 1. The number of benzene rings is 1. The van der Waals surface area contributed by atoms with Crippen LogP contribution in [-0.2, 0) is 0 Å². The molecule has 7 heteroatoms. The zero-order chi connectivity index (χ0) is 17.5. The molecule has 3 amide bonds. The number of hydrogen-bond acceptors (Lipinski definition) is 4. The molecule has 1 unspecified atom stereocenters. The van der Waals surface area contributed by atoms with Crippen LogP contribution in [0.2, 0.25) is 0 Å². The van der Waals surface area contributed by atoms with E-state index in [4.69, 9.17) is 0 Å². The lowest BCUT2D eigenvalue weighted by atomic mass is 10.2. The molecule has 6 nitrogen and oxygen atoms in total. The Bertz CT molecular complexity index is 668. The normalized spacial score (nSPS) is 11.8. The van der Waals surface area contributed by atoms with Crippen LogP contribution in [0.15, 0.2) is 41.8 Å². The van der Waals surface area contributed by atoms with Gasteiger partial charge in [0.2, 0.25) is 0 Å². The Labute approximate surface area is 145 Å². The fraction of sp³-hybridized carbons (Fsp3) is 0.294. The predicted molar refractivity (Wildman–Crippen MR) is 97.6 cm³/mol. The van der Waals surface area contributed by atoms with Crippen molar-refractivity contribution in [2.45, 2.75) is 6.04 Å². The van der Waals surface area contributed by atoms with E-state index in [9.17, 15) is 9.59 Å². The van der Waals surface area contributed by atoms with E-state index < -0.39 is 0 Å². The summed E-state index contributed by atoms with van der Waals surface area (Å²) in [4.78, 5) is 26.8. The number of rotatable bonds is 6. The van der Waals surface area contributed by atoms with Gasteiger partial charge in [0.15, 0.2) is 0 Å². The molecule has 0 aliphatic rings. The number of anilines is 1. The highest BCUT2D eigenvalue weighted by molar-refractivity contribution is 7.10. The summed E-state index contributed by atoms with van der Waals surface area (Å²) in [6.45, 7) is 0.510. The smallest absolute Gasteiger partial charge is 0.319 e. The molecule has 1 heterocycles. The topological polar surface area (TPSA) is 73.5 Å². The van der Waals surface area contributed by atoms with E-state index in [0.717, 1.165) is 0 Å². The maximum Gasteiger partial charge on any atom is 0.319 e. The molecule has 1 aromatic heterocycles. The maximum atomic E-state index is 12.1. The van der Waals surface area contributed by atoms with Crippen LogP contribution in [0, 0.1) is 0 Å². The van der Waals surface area contributed by atoms with Crippen LogP contribution in [0.25, 0.3) is 0 Å². The van der Waals surface area contributed by atoms with Gasteiger partial charge in [-0.3, -0.25) is 4.79 Å². The van der Waals surface area contributed by atoms with Gasteiger partial charge in [0, 0.05) is 29.7 Å². The molecular formula is C17H22N4O2S. The van der Waals surface area contributed by atoms with Gasteiger partial charge in [-0.05, 0) is 49.8 Å². The summed E-state index contributed by atoms with van der Waals surface area (Å²) in [5, 5.41) is 10.2. The average Bonchev–Trinajstić information content (AvgIpc) is 3.09. The Morgan fingerprint density at radius 1 is 1.17 bits per heavy atom. The molecule has 0 saturated carbocycles. The van der Waals surface area contributed by atoms with Gasteiger partial charge < -0.3 is 20.9 Å². The molecule has 0 fully saturated rings. The molecule has 0 radical (unpaired) electrons. The van der Waals surface area contributed by atoms with Gasteiger partial charge in [-0.2, -0.15) is 0 Å². The fourth-order valence-electron chi connectivity index (χ4n) is 2.23. The Morgan fingerprint density at radius 2 is 1.88 bits per heavy atom. The molecule has 24 heavy (non-hydrogen) atoms. The number of carbonyl (C=O) groups excluding carboxylic acids is 2. The van der Waals surface area contributed by atoms with E-state index in [1.165, 1.54) is 4.88 Å². The molecule has 0 bridgehead atoms. The number of nitrogens with zero attached hydrogens (tertiary/aromatic N) is 1. The van der Waals surface area contributed by atoms with Crippen molar-refractivity contribution < 1.29 is 9.59 Å². The molecule has 0 aliphatic carbocycles. The van der Waals surface area contributed by atoms with Crippen molar-refractivity contribution in [1.82, 2.24) is 15.5 Å². The van der Waals surface area contributed by atoms with Gasteiger partial charge in [-0.1, -0.05) is 6.07 Å². The summed E-state index contributed by atoms with van der Waals surface area (Å²) in [6, 6.07) is 10.7. The summed E-state index contributed by atoms with van der Waals surface area (Å²) in [5.41, 5.74) is 1.19. The van der Waals surface area contributed by atoms with Crippen LogP contribution in [0.3, 0.4) is 0 Å². The number of hydrogen-bond donors (Lipinski definition) is 3. The first kappa shape index (κ1) is 18.0. The second-order valence-corrected chi connectivity index (χ2v) is 6.47. The molecule has 2 rings (SSSR count). The zero-order valence-corrected chi connectivity index (χ0v) is 14.8. The molecule has 0 spiro atoms. The minimum Gasteiger partial charge on any atom is -0.355 e. The van der Waals surface area contributed by atoms with Crippen LogP contribution >= 0.6 is 11.3 Å². The molecule has 3 N–H and O–H groups in total. The minimum atomic E-state index is -0.272. The standard InChI is InChI=1S/C17H22N4O2S/c1-18-16(22)12-6-8-13(9-7-12)20-17(23)19-11-14(21(2)3)15-5-4-10-24-15/h4-10,14H,11H2,1-3H3,(H,18,22)(H2,19,20,23). The molecule has 0 saturated heterocycles. The third-order valence-electron chi connectivity index (χ3n) is 3.58. The zero-order valence-electron chi connectivity index (χ0n) is 14.0. The molecule has 1 atom stereocenters. The highest BCUT2D eigenvalue weighted by Gasteiger charge is 2.16. The predicted octanol–water partition coefficient (Wildman–Crippen LogP) is 2.53. The SMILES string of the molecule is CNC(=O)c1ccc(NC(=O)NCC(c2cccs2)N(C)C)cc1. The van der Waals surface area contributed by atoms with Crippen molar-refractivity contribution in [2.75, 3.05) is 33.0 Å². The number of likely N-dealkylation sites (N-methyl/N-ethyl adjacent to an activating group) is 1. The largest absolute Gasteiger partial charge is 0.355 e. The minimum absolute atomic E-state index is 0.131. The van der Waals surface area contributed by atoms with E-state index in [1.807, 2.05) is 25.5 Å². The Hall–Kier alpha value is -2.38. The van der Waals surface area contributed by atoms with Crippen LogP contribution in [0.4, 0.5) is 10.5 Å². The highest BCUT2D eigenvalue weighted by Crippen LogP contribution is 2.22. The monoisotopic (exact) mass is 346 g/mol. The Kier molecular flexibility index (Phi) is 6.34. The fourth-order valence-corrected chi connectivity index (χ4v) is 3.16. The van der Waals surface area contributed by atoms with Crippen molar-refractivity contribution in [1.29, 1.82) is 0 Å². The van der Waals surface area contributed by atoms with Crippen LogP contribution < -0.4 is 16.0 Å². The van der Waals surface area contributed by atoms with Gasteiger partial charge in [0.1, 0.15) is 0 Å². The average molecular weight is 346 g/mol. The lowest BCUT2D eigenvalue weighted by Crippen LogP contribution is -2.36. The van der Waals surface area contributed by atoms with E-state index in [1.54, 1.807) is 42.6 Å². The number of nitrogens with one attached hydrogen (secondary N) is 3. The summed E-state index contributed by atoms with van der Waals surface area (Å²) in [5.74, 6) is -0.157. The second-order valence-electron chi connectivity index (χ2n) is 5.49. The molecular weight excluding hydrogens is 324 g/mol. The third kappa shape index (κ3) is 4.81. The lowest BCUT2D eigenvalue weighted by molar-refractivity contribution is 0.0963. The Morgan fingerprint density at radius 3 is 2.42 bits per heavy atom. The number of carbonyl (C=O) groups is 2. The molecule has 1 aromatic carbocycles. The first-order valence-corrected chi connectivity index (χ1v) is 8.46. The summed E-state index contributed by atoms with van der Waals surface area (Å²) < 4.78 is 0. The first-order chi connectivity index (χ1) is 11.5. The molecule has 128 valence electrons. The number of thiophene rings is 1. The lowest BCUT2D eigenvalue weighted by Gasteiger charge is -2.23. The van der Waals surface area contributed by atoms with Crippen LogP contribution in [0.1, 0.15) is 21.3 Å². The quantitative estimate of drug-likeness (QED) is 0.752. The molecule has 2 aromatic rings. The number of amides is 3. The van der Waals surface area contributed by atoms with E-state index in [-0.39, 0.29) is 18.0 Å². The van der Waals surface area contributed by atoms with Gasteiger partial charge in [0.25, 0.3) is 5.91 Å². The van der Waals surface area contributed by atoms with E-state index in [2.05, 4.69) is 26.9 Å². The Balaban J connectivity index is 1.89. The van der Waals surface area contributed by atoms with Crippen molar-refractivity contribution in [3.05, 3.63) is 52.2 Å². The van der Waals surface area contributed by atoms with E-state index in [0.29, 0.717) is 17.8 Å². The maximum absolute atomic E-state index is 12.1. The van der Waals surface area contributed by atoms with Crippen molar-refractivity contribution in [3.63, 3.8) is 0 Å². The highest BCUT2D eigenvalue weighted by atomic mass is 32.1. The van der Waals surface area contributed by atoms with Crippen LogP contribution in [0.5, 0.6) is 0 Å². The van der Waals surface area contributed by atoms with Crippen molar-refractivity contribution in [2.24, 2.45) is 0 Å². The summed E-state index contributed by atoms with van der Waals surface area (Å²) in [6.07, 6.45) is 0. The van der Waals surface area contributed by atoms with E-state index >= 15 is 0 Å². The summed E-state index contributed by atoms with van der Waals surface area (Å²) >= 11 is 1.67. The van der Waals surface area contributed by atoms with Crippen molar-refractivity contribution >= 4 is 29.0 Å². The molecule has 0 aliphatic heterocycles. The van der Waals surface area contributed by atoms with Gasteiger partial charge >= 0.3 is 6.03 Å². The van der Waals surface area contributed by atoms with Gasteiger partial charge in [-0.15, -0.1) is 11.3 Å². The van der Waals surface area contributed by atoms with Crippen molar-refractivity contribution in [3.8, 4) is 0 Å². The van der Waals surface area contributed by atoms with Gasteiger partial charge in [0.05, 0.1) is 6.04 Å². The summed E-state index contributed by atoms with van der Waals surface area (Å²) in [7, 11) is 5.56. The van der Waals surface area contributed by atoms with Gasteiger partial charge in [-0.25, -0.2) is 4.79 Å². The third-order valence-corrected chi connectivity index (χ3v) is 4.56. The first-order valence-electron chi connectivity index (χ1n) is 7.58. The second kappa shape index (κ2) is 8.47.